The Morgan fingerprint density at radius 2 is 1.53 bits per heavy atom. The van der Waals surface area contributed by atoms with Gasteiger partial charge >= 0.3 is 0 Å². The predicted molar refractivity (Wildman–Crippen MR) is 52.8 cm³/mol. The van der Waals surface area contributed by atoms with E-state index >= 15 is 0 Å². The highest BCUT2D eigenvalue weighted by atomic mass is 19.3. The van der Waals surface area contributed by atoms with E-state index in [2.05, 4.69) is 5.32 Å². The fourth-order valence-electron chi connectivity index (χ4n) is 4.43. The van der Waals surface area contributed by atoms with Gasteiger partial charge in [0.1, 0.15) is 0 Å². The Hall–Kier alpha value is -0.180. The van der Waals surface area contributed by atoms with E-state index in [1.165, 1.54) is 0 Å². The number of fused-ring (bicyclic) bond motifs is 2. The standard InChI is InChI=1S/C12H17F2N/c13-12(14)10(7-1-2-7)11(12)5-8-3-4-9(6-11)15-8/h7-10,15H,1-6H2. The zero-order valence-corrected chi connectivity index (χ0v) is 8.81. The molecule has 0 aromatic heterocycles. The highest BCUT2D eigenvalue weighted by Gasteiger charge is 2.83. The van der Waals surface area contributed by atoms with Gasteiger partial charge in [-0.25, -0.2) is 8.78 Å². The van der Waals surface area contributed by atoms with Crippen molar-refractivity contribution in [3.63, 3.8) is 0 Å². The third kappa shape index (κ3) is 0.961. The summed E-state index contributed by atoms with van der Waals surface area (Å²) in [7, 11) is 0. The van der Waals surface area contributed by atoms with Crippen molar-refractivity contribution < 1.29 is 8.78 Å². The van der Waals surface area contributed by atoms with Crippen molar-refractivity contribution in [1.29, 1.82) is 0 Å². The zero-order valence-electron chi connectivity index (χ0n) is 8.81. The molecule has 0 aromatic carbocycles. The van der Waals surface area contributed by atoms with Crippen LogP contribution in [0.3, 0.4) is 0 Å². The molecule has 0 amide bonds. The monoisotopic (exact) mass is 213 g/mol. The molecule has 2 bridgehead atoms. The first-order chi connectivity index (χ1) is 7.13. The maximum Gasteiger partial charge on any atom is 0.258 e. The van der Waals surface area contributed by atoms with Crippen LogP contribution in [0.5, 0.6) is 0 Å². The minimum atomic E-state index is -2.32. The van der Waals surface area contributed by atoms with E-state index < -0.39 is 11.3 Å². The van der Waals surface area contributed by atoms with E-state index in [0.29, 0.717) is 18.0 Å². The molecule has 2 aliphatic heterocycles. The van der Waals surface area contributed by atoms with E-state index in [9.17, 15) is 8.78 Å². The highest BCUT2D eigenvalue weighted by Crippen LogP contribution is 2.77. The molecule has 3 unspecified atom stereocenters. The Morgan fingerprint density at radius 1 is 0.933 bits per heavy atom. The van der Waals surface area contributed by atoms with Crippen molar-refractivity contribution in [3.8, 4) is 0 Å². The minimum Gasteiger partial charge on any atom is -0.311 e. The van der Waals surface area contributed by atoms with Gasteiger partial charge in [0.2, 0.25) is 0 Å². The Morgan fingerprint density at radius 3 is 2.07 bits per heavy atom. The average Bonchev–Trinajstić information content (AvgIpc) is 3.01. The molecule has 4 aliphatic rings. The summed E-state index contributed by atoms with van der Waals surface area (Å²) in [6.07, 6.45) is 5.87. The van der Waals surface area contributed by atoms with E-state index in [4.69, 9.17) is 0 Å². The maximum absolute atomic E-state index is 14.0. The van der Waals surface area contributed by atoms with Gasteiger partial charge in [0.25, 0.3) is 5.92 Å². The summed E-state index contributed by atoms with van der Waals surface area (Å²) in [5.74, 6) is -2.19. The van der Waals surface area contributed by atoms with Gasteiger partial charge in [0.15, 0.2) is 0 Å². The van der Waals surface area contributed by atoms with Crippen molar-refractivity contribution in [2.45, 2.75) is 56.5 Å². The highest BCUT2D eigenvalue weighted by molar-refractivity contribution is 5.25. The fourth-order valence-corrected chi connectivity index (χ4v) is 4.43. The van der Waals surface area contributed by atoms with Gasteiger partial charge in [-0.15, -0.1) is 0 Å². The first-order valence-electron chi connectivity index (χ1n) is 6.27. The van der Waals surface area contributed by atoms with E-state index in [0.717, 1.165) is 38.5 Å². The van der Waals surface area contributed by atoms with Crippen molar-refractivity contribution in [2.24, 2.45) is 17.3 Å². The molecule has 0 aromatic rings. The van der Waals surface area contributed by atoms with Crippen LogP contribution in [0.2, 0.25) is 0 Å². The first-order valence-corrected chi connectivity index (χ1v) is 6.27. The van der Waals surface area contributed by atoms with E-state index in [-0.39, 0.29) is 5.92 Å². The first kappa shape index (κ1) is 8.91. The smallest absolute Gasteiger partial charge is 0.258 e. The second-order valence-electron chi connectivity index (χ2n) is 6.14. The topological polar surface area (TPSA) is 12.0 Å². The van der Waals surface area contributed by atoms with Crippen LogP contribution >= 0.6 is 0 Å². The van der Waals surface area contributed by atoms with Crippen molar-refractivity contribution in [1.82, 2.24) is 5.32 Å². The number of nitrogens with one attached hydrogen (secondary N) is 1. The predicted octanol–water partition coefficient (Wildman–Crippen LogP) is 2.56. The molecule has 1 N–H and O–H groups in total. The summed E-state index contributed by atoms with van der Waals surface area (Å²) in [5.41, 5.74) is -0.564. The van der Waals surface area contributed by atoms with Gasteiger partial charge in [0.05, 0.1) is 0 Å². The number of piperidine rings is 1. The lowest BCUT2D eigenvalue weighted by Crippen LogP contribution is -2.41. The molecule has 15 heavy (non-hydrogen) atoms. The Kier molecular flexibility index (Phi) is 1.42. The lowest BCUT2D eigenvalue weighted by atomic mass is 9.85. The molecular formula is C12H17F2N. The molecule has 2 saturated heterocycles. The summed E-state index contributed by atoms with van der Waals surface area (Å²) in [6, 6.07) is 0.803. The number of rotatable bonds is 1. The normalized spacial score (nSPS) is 56.0. The number of alkyl halides is 2. The molecule has 4 fully saturated rings. The van der Waals surface area contributed by atoms with Crippen molar-refractivity contribution >= 4 is 0 Å². The molecule has 3 atom stereocenters. The van der Waals surface area contributed by atoms with Gasteiger partial charge in [-0.2, -0.15) is 0 Å². The number of halogens is 2. The molecule has 84 valence electrons. The summed E-state index contributed by atoms with van der Waals surface area (Å²) in [4.78, 5) is 0. The van der Waals surface area contributed by atoms with E-state index in [1.807, 2.05) is 0 Å². The Bertz CT molecular complexity index is 299. The van der Waals surface area contributed by atoms with Crippen LogP contribution in [0.15, 0.2) is 0 Å². The van der Waals surface area contributed by atoms with Gasteiger partial charge in [0, 0.05) is 23.4 Å². The van der Waals surface area contributed by atoms with Crippen LogP contribution in [0.1, 0.15) is 38.5 Å². The van der Waals surface area contributed by atoms with Gasteiger partial charge in [-0.1, -0.05) is 0 Å². The summed E-state index contributed by atoms with van der Waals surface area (Å²) in [5, 5.41) is 3.47. The number of hydrogen-bond donors (Lipinski definition) is 1. The molecule has 2 saturated carbocycles. The molecular weight excluding hydrogens is 196 g/mol. The van der Waals surface area contributed by atoms with Crippen LogP contribution in [-0.4, -0.2) is 18.0 Å². The van der Waals surface area contributed by atoms with Crippen LogP contribution in [0.4, 0.5) is 8.78 Å². The quantitative estimate of drug-likeness (QED) is 0.706. The molecule has 1 spiro atoms. The largest absolute Gasteiger partial charge is 0.311 e. The maximum atomic E-state index is 14.0. The van der Waals surface area contributed by atoms with Crippen LogP contribution < -0.4 is 5.32 Å². The fraction of sp³-hybridized carbons (Fsp3) is 1.00. The van der Waals surface area contributed by atoms with Gasteiger partial charge < -0.3 is 5.32 Å². The average molecular weight is 213 g/mol. The number of hydrogen-bond acceptors (Lipinski definition) is 1. The Balaban J connectivity index is 1.65. The second kappa shape index (κ2) is 2.39. The molecule has 2 heterocycles. The molecule has 3 heteroatoms. The third-order valence-electron chi connectivity index (χ3n) is 5.22. The molecule has 2 aliphatic carbocycles. The third-order valence-corrected chi connectivity index (χ3v) is 5.22. The second-order valence-corrected chi connectivity index (χ2v) is 6.14. The zero-order chi connectivity index (χ0) is 10.3. The summed E-state index contributed by atoms with van der Waals surface area (Å²) < 4.78 is 27.9. The lowest BCUT2D eigenvalue weighted by molar-refractivity contribution is 0.0378. The summed E-state index contributed by atoms with van der Waals surface area (Å²) >= 11 is 0. The molecule has 0 radical (unpaired) electrons. The van der Waals surface area contributed by atoms with Crippen molar-refractivity contribution in [3.05, 3.63) is 0 Å². The SMILES string of the molecule is FC1(F)C(C2CC2)C12CC1CCC(C2)N1. The van der Waals surface area contributed by atoms with Gasteiger partial charge in [-0.05, 0) is 44.4 Å². The van der Waals surface area contributed by atoms with Crippen LogP contribution in [-0.2, 0) is 0 Å². The van der Waals surface area contributed by atoms with Crippen molar-refractivity contribution in [2.75, 3.05) is 0 Å². The van der Waals surface area contributed by atoms with E-state index in [1.54, 1.807) is 0 Å². The summed E-state index contributed by atoms with van der Waals surface area (Å²) in [6.45, 7) is 0. The van der Waals surface area contributed by atoms with Crippen LogP contribution in [0.25, 0.3) is 0 Å². The van der Waals surface area contributed by atoms with Gasteiger partial charge in [-0.3, -0.25) is 0 Å². The Labute approximate surface area is 88.6 Å². The molecule has 1 nitrogen and oxygen atoms in total. The minimum absolute atomic E-state index is 0.241. The van der Waals surface area contributed by atoms with Crippen LogP contribution in [0, 0.1) is 17.3 Å². The molecule has 4 rings (SSSR count). The lowest BCUT2D eigenvalue weighted by Gasteiger charge is -2.29.